The molecule has 1 unspecified atom stereocenters. The predicted octanol–water partition coefficient (Wildman–Crippen LogP) is 1.65. The Kier molecular flexibility index (Phi) is 6.73. The van der Waals surface area contributed by atoms with E-state index in [1.807, 2.05) is 7.05 Å². The van der Waals surface area contributed by atoms with Crippen LogP contribution in [-0.2, 0) is 4.74 Å². The van der Waals surface area contributed by atoms with Gasteiger partial charge in [0.25, 0.3) is 0 Å². The first-order valence-electron chi connectivity index (χ1n) is 6.19. The van der Waals surface area contributed by atoms with Crippen LogP contribution in [0.3, 0.4) is 0 Å². The average Bonchev–Trinajstić information content (AvgIpc) is 2.36. The summed E-state index contributed by atoms with van der Waals surface area (Å²) >= 11 is 2.07. The van der Waals surface area contributed by atoms with Crippen molar-refractivity contribution in [2.45, 2.75) is 43.4 Å². The van der Waals surface area contributed by atoms with Crippen LogP contribution in [-0.4, -0.2) is 48.5 Å². The molecule has 0 spiro atoms. The molecule has 1 saturated heterocycles. The monoisotopic (exact) mass is 247 g/mol. The first kappa shape index (κ1) is 14.3. The normalized spacial score (nSPS) is 21.9. The summed E-state index contributed by atoms with van der Waals surface area (Å²) in [5.41, 5.74) is -0.101. The summed E-state index contributed by atoms with van der Waals surface area (Å²) in [6, 6.07) is 0. The number of hydrogen-bond acceptors (Lipinski definition) is 4. The van der Waals surface area contributed by atoms with Gasteiger partial charge in [-0.05, 0) is 45.4 Å². The van der Waals surface area contributed by atoms with Crippen LogP contribution in [0.15, 0.2) is 0 Å². The van der Waals surface area contributed by atoms with E-state index in [4.69, 9.17) is 4.74 Å². The number of nitrogens with one attached hydrogen (secondary N) is 1. The Morgan fingerprint density at radius 3 is 2.69 bits per heavy atom. The number of aliphatic hydroxyl groups excluding tert-OH is 1. The van der Waals surface area contributed by atoms with Crippen molar-refractivity contribution in [3.05, 3.63) is 0 Å². The third-order valence-corrected chi connectivity index (χ3v) is 4.81. The van der Waals surface area contributed by atoms with Crippen molar-refractivity contribution in [2.24, 2.45) is 0 Å². The lowest BCUT2D eigenvalue weighted by Gasteiger charge is -2.27. The molecular formula is C12H25NO2S. The Hall–Kier alpha value is 0.230. The maximum atomic E-state index is 9.25. The molecule has 0 saturated carbocycles. The van der Waals surface area contributed by atoms with Gasteiger partial charge in [0.2, 0.25) is 0 Å². The Morgan fingerprint density at radius 1 is 1.44 bits per heavy atom. The Bertz CT molecular complexity index is 180. The first-order chi connectivity index (χ1) is 7.70. The summed E-state index contributed by atoms with van der Waals surface area (Å²) in [5.74, 6) is 1.20. The molecule has 0 amide bonds. The molecule has 3 nitrogen and oxygen atoms in total. The molecule has 16 heavy (non-hydrogen) atoms. The SMILES string of the molecule is CNC(C)(CO)CCCSC1CCOCC1. The third-order valence-electron chi connectivity index (χ3n) is 3.35. The van der Waals surface area contributed by atoms with Crippen LogP contribution in [0.1, 0.15) is 32.6 Å². The largest absolute Gasteiger partial charge is 0.394 e. The number of hydrogen-bond donors (Lipinski definition) is 2. The zero-order valence-corrected chi connectivity index (χ0v) is 11.3. The minimum absolute atomic E-state index is 0.101. The molecule has 2 N–H and O–H groups in total. The van der Waals surface area contributed by atoms with E-state index in [1.54, 1.807) is 0 Å². The summed E-state index contributed by atoms with van der Waals surface area (Å²) in [7, 11) is 1.92. The van der Waals surface area contributed by atoms with Crippen molar-refractivity contribution in [2.75, 3.05) is 32.6 Å². The molecule has 0 bridgehead atoms. The topological polar surface area (TPSA) is 41.5 Å². The molecule has 1 heterocycles. The fraction of sp³-hybridized carbons (Fsp3) is 1.00. The van der Waals surface area contributed by atoms with Crippen molar-refractivity contribution in [3.63, 3.8) is 0 Å². The van der Waals surface area contributed by atoms with Gasteiger partial charge in [0.05, 0.1) is 6.61 Å². The molecule has 0 aliphatic carbocycles. The average molecular weight is 247 g/mol. The molecule has 1 aliphatic heterocycles. The van der Waals surface area contributed by atoms with Crippen LogP contribution in [0.4, 0.5) is 0 Å². The van der Waals surface area contributed by atoms with E-state index >= 15 is 0 Å². The first-order valence-corrected chi connectivity index (χ1v) is 7.24. The van der Waals surface area contributed by atoms with Gasteiger partial charge in [-0.15, -0.1) is 0 Å². The highest BCUT2D eigenvalue weighted by Crippen LogP contribution is 2.24. The van der Waals surface area contributed by atoms with Crippen molar-refractivity contribution in [3.8, 4) is 0 Å². The van der Waals surface area contributed by atoms with E-state index in [0.717, 1.165) is 24.9 Å². The van der Waals surface area contributed by atoms with E-state index in [1.165, 1.54) is 25.0 Å². The molecule has 0 aromatic carbocycles. The van der Waals surface area contributed by atoms with Gasteiger partial charge < -0.3 is 15.2 Å². The minimum Gasteiger partial charge on any atom is -0.394 e. The lowest BCUT2D eigenvalue weighted by Crippen LogP contribution is -2.43. The van der Waals surface area contributed by atoms with Gasteiger partial charge in [-0.3, -0.25) is 0 Å². The second-order valence-corrected chi connectivity index (χ2v) is 6.16. The highest BCUT2D eigenvalue weighted by molar-refractivity contribution is 7.99. The fourth-order valence-electron chi connectivity index (χ4n) is 1.84. The van der Waals surface area contributed by atoms with Crippen LogP contribution >= 0.6 is 11.8 Å². The third kappa shape index (κ3) is 5.04. The summed E-state index contributed by atoms with van der Waals surface area (Å²) in [4.78, 5) is 0. The maximum absolute atomic E-state index is 9.25. The van der Waals surface area contributed by atoms with Gasteiger partial charge in [-0.1, -0.05) is 0 Å². The van der Waals surface area contributed by atoms with Crippen molar-refractivity contribution >= 4 is 11.8 Å². The molecule has 1 aliphatic rings. The van der Waals surface area contributed by atoms with Gasteiger partial charge in [-0.25, -0.2) is 0 Å². The lowest BCUT2D eigenvalue weighted by molar-refractivity contribution is 0.1000. The number of rotatable bonds is 7. The van der Waals surface area contributed by atoms with Gasteiger partial charge in [0.1, 0.15) is 0 Å². The molecule has 0 aromatic heterocycles. The van der Waals surface area contributed by atoms with Crippen LogP contribution in [0, 0.1) is 0 Å². The van der Waals surface area contributed by atoms with E-state index in [-0.39, 0.29) is 12.1 Å². The molecule has 0 aromatic rings. The van der Waals surface area contributed by atoms with E-state index in [9.17, 15) is 5.11 Å². The van der Waals surface area contributed by atoms with E-state index in [0.29, 0.717) is 0 Å². The minimum atomic E-state index is -0.101. The highest BCUT2D eigenvalue weighted by atomic mass is 32.2. The maximum Gasteiger partial charge on any atom is 0.0610 e. The molecule has 0 radical (unpaired) electrons. The van der Waals surface area contributed by atoms with E-state index < -0.39 is 0 Å². The molecular weight excluding hydrogens is 222 g/mol. The van der Waals surface area contributed by atoms with Crippen LogP contribution < -0.4 is 5.32 Å². The standard InChI is InChI=1S/C12H25NO2S/c1-12(10-14,13-2)6-3-9-16-11-4-7-15-8-5-11/h11,13-14H,3-10H2,1-2H3. The fourth-order valence-corrected chi connectivity index (χ4v) is 3.01. The summed E-state index contributed by atoms with van der Waals surface area (Å²) < 4.78 is 5.34. The number of aliphatic hydroxyl groups is 1. The van der Waals surface area contributed by atoms with Gasteiger partial charge in [-0.2, -0.15) is 11.8 Å². The van der Waals surface area contributed by atoms with Gasteiger partial charge in [0, 0.05) is 24.0 Å². The number of likely N-dealkylation sites (N-methyl/N-ethyl adjacent to an activating group) is 1. The second-order valence-electron chi connectivity index (χ2n) is 4.75. The zero-order valence-electron chi connectivity index (χ0n) is 10.5. The van der Waals surface area contributed by atoms with Crippen molar-refractivity contribution < 1.29 is 9.84 Å². The molecule has 1 atom stereocenters. The summed E-state index contributed by atoms with van der Waals surface area (Å²) in [5, 5.41) is 13.2. The molecule has 4 heteroatoms. The van der Waals surface area contributed by atoms with Gasteiger partial charge >= 0.3 is 0 Å². The van der Waals surface area contributed by atoms with Crippen molar-refractivity contribution in [1.82, 2.24) is 5.32 Å². The van der Waals surface area contributed by atoms with E-state index in [2.05, 4.69) is 24.0 Å². The summed E-state index contributed by atoms with van der Waals surface area (Å²) in [6.45, 7) is 4.16. The smallest absolute Gasteiger partial charge is 0.0610 e. The Balaban J connectivity index is 2.06. The zero-order chi connectivity index (χ0) is 11.9. The predicted molar refractivity (Wildman–Crippen MR) is 70.1 cm³/mol. The van der Waals surface area contributed by atoms with Crippen molar-refractivity contribution in [1.29, 1.82) is 0 Å². The van der Waals surface area contributed by atoms with Gasteiger partial charge in [0.15, 0.2) is 0 Å². The second kappa shape index (κ2) is 7.54. The lowest BCUT2D eigenvalue weighted by atomic mass is 9.98. The summed E-state index contributed by atoms with van der Waals surface area (Å²) in [6.07, 6.45) is 4.61. The number of thioether (sulfide) groups is 1. The number of ether oxygens (including phenoxy) is 1. The van der Waals surface area contributed by atoms with Crippen LogP contribution in [0.25, 0.3) is 0 Å². The Morgan fingerprint density at radius 2 is 2.12 bits per heavy atom. The van der Waals surface area contributed by atoms with Crippen LogP contribution in [0.5, 0.6) is 0 Å². The highest BCUT2D eigenvalue weighted by Gasteiger charge is 2.20. The molecule has 1 fully saturated rings. The van der Waals surface area contributed by atoms with Crippen LogP contribution in [0.2, 0.25) is 0 Å². The molecule has 1 rings (SSSR count). The quantitative estimate of drug-likeness (QED) is 0.671. The molecule has 96 valence electrons. The Labute approximate surface area is 103 Å².